The quantitative estimate of drug-likeness (QED) is 0.130. The van der Waals surface area contributed by atoms with Crippen LogP contribution in [-0.4, -0.2) is 52.6 Å². The Hall–Kier alpha value is -1.23. The van der Waals surface area contributed by atoms with Crippen molar-refractivity contribution in [3.8, 4) is 11.4 Å². The molecule has 0 amide bonds. The third-order valence-electron chi connectivity index (χ3n) is 4.41. The number of aromatic nitrogens is 3. The van der Waals surface area contributed by atoms with Gasteiger partial charge in [-0.3, -0.25) is 0 Å². The second kappa shape index (κ2) is 12.6. The minimum Gasteiger partial charge on any atom is -0.744 e. The van der Waals surface area contributed by atoms with Crippen LogP contribution >= 0.6 is 0 Å². The zero-order valence-electron chi connectivity index (χ0n) is 18.2. The largest absolute Gasteiger partial charge is 1.00 e. The van der Waals surface area contributed by atoms with Crippen molar-refractivity contribution >= 4 is 38.1 Å². The van der Waals surface area contributed by atoms with Crippen molar-refractivity contribution in [3.63, 3.8) is 0 Å². The van der Waals surface area contributed by atoms with E-state index in [0.29, 0.717) is 5.56 Å². The van der Waals surface area contributed by atoms with E-state index in [9.17, 15) is 31.0 Å². The second-order valence-electron chi connectivity index (χ2n) is 6.46. The zero-order chi connectivity index (χ0) is 23.5. The molecule has 0 unspecified atom stereocenters. The van der Waals surface area contributed by atoms with Gasteiger partial charge in [0.05, 0.1) is 15.4 Å². The number of benzene rings is 2. The number of nitrogens with two attached hydrogens (primary N) is 1. The summed E-state index contributed by atoms with van der Waals surface area (Å²) in [5, 5.41) is 9.36. The van der Waals surface area contributed by atoms with E-state index in [2.05, 4.69) is 15.0 Å². The first-order valence-electron chi connectivity index (χ1n) is 8.91. The van der Waals surface area contributed by atoms with Gasteiger partial charge in [0.15, 0.2) is 5.82 Å². The monoisotopic (exact) mass is 522 g/mol. The summed E-state index contributed by atoms with van der Waals surface area (Å²) in [7, 11) is -9.95. The van der Waals surface area contributed by atoms with Crippen LogP contribution in [0.2, 0.25) is 0 Å². The molecule has 15 heteroatoms. The van der Waals surface area contributed by atoms with Gasteiger partial charge in [-0.05, 0) is 35.2 Å². The molecule has 2 aromatic carbocycles. The molecule has 0 spiro atoms. The molecule has 0 radical (unpaired) electrons. The molecule has 0 aliphatic rings. The van der Waals surface area contributed by atoms with Crippen molar-refractivity contribution in [2.24, 2.45) is 0 Å². The van der Waals surface area contributed by atoms with E-state index >= 15 is 0 Å². The fraction of sp³-hybridized carbons (Fsp3) is 0.105. The van der Waals surface area contributed by atoms with Crippen LogP contribution in [0.25, 0.3) is 23.5 Å². The molecule has 34 heavy (non-hydrogen) atoms. The van der Waals surface area contributed by atoms with Crippen molar-refractivity contribution in [1.82, 2.24) is 15.0 Å². The molecule has 0 aliphatic heterocycles. The molecule has 0 atom stereocenters. The molecular weight excluding hydrogens is 506 g/mol. The van der Waals surface area contributed by atoms with Crippen molar-refractivity contribution in [2.75, 3.05) is 12.3 Å². The first kappa shape index (κ1) is 30.8. The van der Waals surface area contributed by atoms with Crippen molar-refractivity contribution < 1.29 is 90.2 Å². The van der Waals surface area contributed by atoms with E-state index in [1.165, 1.54) is 36.4 Å². The minimum absolute atomic E-state index is 0. The van der Waals surface area contributed by atoms with Gasteiger partial charge in [-0.1, -0.05) is 30.4 Å². The number of nitrogens with zero attached hydrogens (tertiary/aromatic N) is 3. The molecule has 3 aromatic rings. The number of hydrogen-bond donors (Lipinski definition) is 2. The van der Waals surface area contributed by atoms with Crippen LogP contribution in [-0.2, 0) is 26.7 Å². The van der Waals surface area contributed by atoms with E-state index in [4.69, 9.17) is 5.73 Å². The van der Waals surface area contributed by atoms with Gasteiger partial charge >= 0.3 is 59.1 Å². The van der Waals surface area contributed by atoms with Crippen molar-refractivity contribution in [1.29, 1.82) is 0 Å². The third-order valence-corrected chi connectivity index (χ3v) is 6.26. The summed E-state index contributed by atoms with van der Waals surface area (Å²) in [6.45, 7) is -0.329. The van der Waals surface area contributed by atoms with Crippen LogP contribution in [0, 0.1) is 0 Å². The van der Waals surface area contributed by atoms with Gasteiger partial charge in [-0.25, -0.2) is 31.8 Å². The molecule has 0 bridgehead atoms. The summed E-state index contributed by atoms with van der Waals surface area (Å²) < 4.78 is 71.1. The predicted octanol–water partition coefficient (Wildman–Crippen LogP) is -5.36. The maximum absolute atomic E-state index is 12.2. The van der Waals surface area contributed by atoms with Gasteiger partial charge in [0.2, 0.25) is 0 Å². The molecule has 3 rings (SSSR count). The number of anilines is 1. The summed E-state index contributed by atoms with van der Waals surface area (Å²) in [5.41, 5.74) is 5.86. The van der Waals surface area contributed by atoms with Crippen molar-refractivity contribution in [3.05, 3.63) is 59.7 Å². The summed E-state index contributed by atoms with van der Waals surface area (Å²) in [6.07, 6.45) is 4.55. The molecule has 1 heterocycles. The number of aliphatic hydroxyl groups excluding tert-OH is 1. The fourth-order valence-electron chi connectivity index (χ4n) is 3.09. The molecule has 3 N–H and O–H groups in total. The number of rotatable bonds is 7. The van der Waals surface area contributed by atoms with Gasteiger partial charge in [-0.2, -0.15) is 0 Å². The Labute approximate surface area is 240 Å². The molecule has 11 nitrogen and oxygen atoms in total. The maximum Gasteiger partial charge on any atom is 1.00 e. The molecule has 0 aliphatic carbocycles. The first-order valence-corrected chi connectivity index (χ1v) is 11.7. The Balaban J connectivity index is 0.00000289. The zero-order valence-corrected chi connectivity index (χ0v) is 23.9. The van der Waals surface area contributed by atoms with Gasteiger partial charge in [0, 0.05) is 12.3 Å². The average Bonchev–Trinajstić information content (AvgIpc) is 2.73. The Morgan fingerprint density at radius 1 is 0.941 bits per heavy atom. The Morgan fingerprint density at radius 3 is 2.09 bits per heavy atom. The number of nitrogen functional groups attached to an aromatic ring is 1. The Morgan fingerprint density at radius 2 is 1.53 bits per heavy atom. The number of hydrogen-bond acceptors (Lipinski definition) is 11. The summed E-state index contributed by atoms with van der Waals surface area (Å²) in [6, 6.07) is 6.56. The summed E-state index contributed by atoms with van der Waals surface area (Å²) >= 11 is 0. The second-order valence-corrected chi connectivity index (χ2v) is 9.12. The third kappa shape index (κ3) is 7.15. The topological polar surface area (TPSA) is 199 Å². The van der Waals surface area contributed by atoms with E-state index in [-0.39, 0.29) is 100 Å². The van der Waals surface area contributed by atoms with Gasteiger partial charge in [0.25, 0.3) is 0 Å². The Kier molecular flexibility index (Phi) is 11.5. The molecule has 0 fully saturated rings. The van der Waals surface area contributed by atoms with Crippen molar-refractivity contribution in [2.45, 2.75) is 16.2 Å². The molecule has 0 saturated heterocycles. The van der Waals surface area contributed by atoms with Crippen LogP contribution < -0.4 is 64.8 Å². The van der Waals surface area contributed by atoms with Crippen LogP contribution in [0.1, 0.15) is 16.7 Å². The van der Waals surface area contributed by atoms with Gasteiger partial charge in [-0.15, -0.1) is 0 Å². The van der Waals surface area contributed by atoms with E-state index in [1.54, 1.807) is 0 Å². The summed E-state index contributed by atoms with van der Waals surface area (Å²) in [4.78, 5) is 10.2. The van der Waals surface area contributed by atoms with Crippen LogP contribution in [0.5, 0.6) is 0 Å². The molecule has 1 aromatic heterocycles. The SMILES string of the molecule is Nc1c(CCO)cc(C=Cc2ccccc2S(=O)(=O)[O-])c(S(=O)(=O)[O-])c1-c1ncncn1.[Na+].[Na+]. The normalized spacial score (nSPS) is 11.6. The maximum atomic E-state index is 12.2. The van der Waals surface area contributed by atoms with Gasteiger partial charge < -0.3 is 19.9 Å². The fourth-order valence-corrected chi connectivity index (χ4v) is 4.63. The number of aliphatic hydroxyl groups is 1. The van der Waals surface area contributed by atoms with Crippen LogP contribution in [0.3, 0.4) is 0 Å². The molecule has 168 valence electrons. The van der Waals surface area contributed by atoms with Crippen LogP contribution in [0.4, 0.5) is 5.69 Å². The standard InChI is InChI=1S/C19H18N4O7S2.2Na/c20-17-13(7-8-24)9-14(6-5-12-3-1-2-4-15(12)31(25,26)27)18(32(28,29)30)16(17)19-22-10-21-11-23-19;;/h1-6,9-11,24H,7-8,20H2,(H,25,26,27)(H,28,29,30);;/q;2*+1/p-2. The molecular formula is C19H16N4Na2O7S2. The van der Waals surface area contributed by atoms with Gasteiger partial charge in [0.1, 0.15) is 32.9 Å². The van der Waals surface area contributed by atoms with E-state index in [1.807, 2.05) is 0 Å². The van der Waals surface area contributed by atoms with Crippen LogP contribution in [0.15, 0.2) is 52.8 Å². The first-order chi connectivity index (χ1) is 15.0. The smallest absolute Gasteiger partial charge is 0.744 e. The molecule has 0 saturated carbocycles. The minimum atomic E-state index is -5.13. The summed E-state index contributed by atoms with van der Waals surface area (Å²) in [5.74, 6) is -0.177. The average molecular weight is 522 g/mol. The van der Waals surface area contributed by atoms with E-state index in [0.717, 1.165) is 18.7 Å². The Bertz CT molecular complexity index is 1400. The predicted molar refractivity (Wildman–Crippen MR) is 112 cm³/mol. The van der Waals surface area contributed by atoms with E-state index < -0.39 is 30.0 Å².